The van der Waals surface area contributed by atoms with Crippen molar-refractivity contribution < 1.29 is 4.74 Å². The maximum Gasteiger partial charge on any atom is 0.192 e. The molecule has 8 heteroatoms. The van der Waals surface area contributed by atoms with E-state index >= 15 is 0 Å². The largest absolute Gasteiger partial charge is 0.496 e. The molecule has 0 aliphatic heterocycles. The minimum atomic E-state index is 0.482. The first-order chi connectivity index (χ1) is 15.8. The van der Waals surface area contributed by atoms with Crippen LogP contribution in [0.25, 0.3) is 32.9 Å². The molecule has 3 aromatic heterocycles. The number of fused-ring (bicyclic) bond motifs is 1. The van der Waals surface area contributed by atoms with Crippen LogP contribution in [0, 0.1) is 0 Å². The van der Waals surface area contributed by atoms with Gasteiger partial charge in [0.05, 0.1) is 18.4 Å². The number of aromatic nitrogens is 5. The summed E-state index contributed by atoms with van der Waals surface area (Å²) in [6.07, 6.45) is 4.40. The topological polar surface area (TPSA) is 68.6 Å². The Kier molecular flexibility index (Phi) is 4.96. The summed E-state index contributed by atoms with van der Waals surface area (Å²) in [5.41, 5.74) is 4.30. The fraction of sp³-hybridized carbons (Fsp3) is 0.208. The van der Waals surface area contributed by atoms with Gasteiger partial charge in [0.15, 0.2) is 11.0 Å². The Hall–Kier alpha value is -3.10. The fourth-order valence-corrected chi connectivity index (χ4v) is 5.79. The molecule has 0 radical (unpaired) electrons. The number of hydrogen-bond acceptors (Lipinski definition) is 6. The summed E-state index contributed by atoms with van der Waals surface area (Å²) in [5, 5.41) is 14.4. The number of thiazole rings is 1. The number of nitrogens with one attached hydrogen (secondary N) is 1. The molecular formula is C24H21N5OS2. The van der Waals surface area contributed by atoms with E-state index < -0.39 is 0 Å². The molecule has 5 aromatic rings. The lowest BCUT2D eigenvalue weighted by Crippen LogP contribution is -1.99. The number of ether oxygens (including phenoxy) is 1. The molecule has 0 amide bonds. The van der Waals surface area contributed by atoms with Crippen molar-refractivity contribution in [2.24, 2.45) is 0 Å². The highest BCUT2D eigenvalue weighted by atomic mass is 32.2. The van der Waals surface area contributed by atoms with E-state index in [2.05, 4.69) is 43.3 Å². The molecule has 0 unspecified atom stereocenters. The highest BCUT2D eigenvalue weighted by Gasteiger charge is 2.31. The Morgan fingerprint density at radius 1 is 1.09 bits per heavy atom. The fourth-order valence-electron chi connectivity index (χ4n) is 3.93. The number of benzene rings is 2. The lowest BCUT2D eigenvalue weighted by molar-refractivity contribution is 0.416. The molecule has 0 spiro atoms. The van der Waals surface area contributed by atoms with Gasteiger partial charge in [-0.2, -0.15) is 0 Å². The Labute approximate surface area is 193 Å². The smallest absolute Gasteiger partial charge is 0.192 e. The molecule has 2 aromatic carbocycles. The third kappa shape index (κ3) is 3.49. The third-order valence-electron chi connectivity index (χ3n) is 5.64. The second-order valence-corrected chi connectivity index (χ2v) is 9.59. The van der Waals surface area contributed by atoms with Gasteiger partial charge in [0.25, 0.3) is 0 Å². The van der Waals surface area contributed by atoms with Crippen LogP contribution in [0.1, 0.15) is 24.6 Å². The first-order valence-corrected chi connectivity index (χ1v) is 12.4. The molecule has 0 bridgehead atoms. The van der Waals surface area contributed by atoms with Crippen LogP contribution in [-0.2, 0) is 5.75 Å². The first-order valence-electron chi connectivity index (χ1n) is 10.5. The van der Waals surface area contributed by atoms with Crippen LogP contribution in [0.15, 0.2) is 65.3 Å². The Bertz CT molecular complexity index is 1400. The maximum atomic E-state index is 5.49. The minimum absolute atomic E-state index is 0.482. The zero-order chi connectivity index (χ0) is 21.5. The van der Waals surface area contributed by atoms with Gasteiger partial charge >= 0.3 is 0 Å². The summed E-state index contributed by atoms with van der Waals surface area (Å²) >= 11 is 3.35. The van der Waals surface area contributed by atoms with Crippen molar-refractivity contribution in [2.45, 2.75) is 29.8 Å². The molecule has 6 nitrogen and oxygen atoms in total. The van der Waals surface area contributed by atoms with E-state index in [1.54, 1.807) is 30.2 Å². The second-order valence-electron chi connectivity index (χ2n) is 7.79. The van der Waals surface area contributed by atoms with E-state index in [0.29, 0.717) is 6.04 Å². The van der Waals surface area contributed by atoms with Crippen LogP contribution >= 0.6 is 23.1 Å². The highest BCUT2D eigenvalue weighted by Crippen LogP contribution is 2.43. The van der Waals surface area contributed by atoms with Gasteiger partial charge in [-0.25, -0.2) is 4.98 Å². The third-order valence-corrected chi connectivity index (χ3v) is 7.55. The van der Waals surface area contributed by atoms with Gasteiger partial charge in [-0.05, 0) is 31.0 Å². The predicted molar refractivity (Wildman–Crippen MR) is 129 cm³/mol. The predicted octanol–water partition coefficient (Wildman–Crippen LogP) is 6.19. The van der Waals surface area contributed by atoms with Crippen LogP contribution in [-0.4, -0.2) is 31.8 Å². The number of nitrogens with zero attached hydrogens (tertiary/aromatic N) is 4. The molecule has 0 atom stereocenters. The van der Waals surface area contributed by atoms with E-state index in [4.69, 9.17) is 9.72 Å². The molecule has 32 heavy (non-hydrogen) atoms. The molecule has 6 rings (SSSR count). The quantitative estimate of drug-likeness (QED) is 0.294. The number of hydrogen-bond donors (Lipinski definition) is 1. The summed E-state index contributed by atoms with van der Waals surface area (Å²) in [7, 11) is 1.69. The Morgan fingerprint density at radius 3 is 2.81 bits per heavy atom. The lowest BCUT2D eigenvalue weighted by Gasteiger charge is -2.08. The molecule has 0 saturated heterocycles. The van der Waals surface area contributed by atoms with Gasteiger partial charge in [0.1, 0.15) is 10.8 Å². The normalized spacial score (nSPS) is 13.7. The van der Waals surface area contributed by atoms with Gasteiger partial charge in [-0.15, -0.1) is 21.5 Å². The molecule has 1 aliphatic carbocycles. The molecule has 3 heterocycles. The van der Waals surface area contributed by atoms with Crippen molar-refractivity contribution >= 4 is 34.0 Å². The SMILES string of the molecule is COc1ccccc1-c1nc(CSc2nnc(-c3c[nH]c4ccccc34)n2C2CC2)cs1. The average molecular weight is 460 g/mol. The number of methoxy groups -OCH3 is 1. The summed E-state index contributed by atoms with van der Waals surface area (Å²) in [6.45, 7) is 0. The summed E-state index contributed by atoms with van der Waals surface area (Å²) in [4.78, 5) is 8.21. The molecule has 1 N–H and O–H groups in total. The van der Waals surface area contributed by atoms with E-state index in [-0.39, 0.29) is 0 Å². The number of aromatic amines is 1. The monoisotopic (exact) mass is 459 g/mol. The number of rotatable bonds is 7. The van der Waals surface area contributed by atoms with Gasteiger partial charge in [-0.1, -0.05) is 42.1 Å². The molecule has 1 aliphatic rings. The molecule has 160 valence electrons. The Balaban J connectivity index is 1.27. The zero-order valence-electron chi connectivity index (χ0n) is 17.5. The number of para-hydroxylation sites is 2. The van der Waals surface area contributed by atoms with Gasteiger partial charge in [0.2, 0.25) is 0 Å². The maximum absolute atomic E-state index is 5.49. The van der Waals surface area contributed by atoms with Gasteiger partial charge in [-0.3, -0.25) is 4.57 Å². The molecule has 1 fully saturated rings. The van der Waals surface area contributed by atoms with E-state index in [1.165, 1.54) is 18.2 Å². The average Bonchev–Trinajstić information content (AvgIpc) is 3.24. The van der Waals surface area contributed by atoms with Crippen LogP contribution in [0.5, 0.6) is 5.75 Å². The van der Waals surface area contributed by atoms with Crippen molar-refractivity contribution in [3.05, 3.63) is 65.8 Å². The van der Waals surface area contributed by atoms with Crippen LogP contribution < -0.4 is 4.74 Å². The standard InChI is InChI=1S/C24H21N5OS2/c1-30-21-9-5-3-7-18(21)23-26-15(13-31-23)14-32-24-28-27-22(29(24)16-10-11-16)19-12-25-20-8-4-2-6-17(19)20/h2-9,12-13,16,25H,10-11,14H2,1H3. The molecule has 1 saturated carbocycles. The number of H-pyrrole nitrogens is 1. The summed E-state index contributed by atoms with van der Waals surface area (Å²) < 4.78 is 7.81. The van der Waals surface area contributed by atoms with Crippen molar-refractivity contribution in [1.29, 1.82) is 0 Å². The Morgan fingerprint density at radius 2 is 1.94 bits per heavy atom. The highest BCUT2D eigenvalue weighted by molar-refractivity contribution is 7.98. The summed E-state index contributed by atoms with van der Waals surface area (Å²) in [6, 6.07) is 16.8. The van der Waals surface area contributed by atoms with Crippen LogP contribution in [0.3, 0.4) is 0 Å². The van der Waals surface area contributed by atoms with Crippen molar-refractivity contribution in [2.75, 3.05) is 7.11 Å². The minimum Gasteiger partial charge on any atom is -0.496 e. The van der Waals surface area contributed by atoms with E-state index in [9.17, 15) is 0 Å². The molecular weight excluding hydrogens is 438 g/mol. The van der Waals surface area contributed by atoms with Crippen molar-refractivity contribution in [1.82, 2.24) is 24.7 Å². The van der Waals surface area contributed by atoms with Gasteiger partial charge in [0, 0.05) is 39.8 Å². The van der Waals surface area contributed by atoms with E-state index in [0.717, 1.165) is 49.8 Å². The van der Waals surface area contributed by atoms with Crippen molar-refractivity contribution in [3.8, 4) is 27.7 Å². The second kappa shape index (κ2) is 8.11. The first kappa shape index (κ1) is 19.6. The van der Waals surface area contributed by atoms with Gasteiger partial charge < -0.3 is 9.72 Å². The van der Waals surface area contributed by atoms with Crippen molar-refractivity contribution in [3.63, 3.8) is 0 Å². The number of thioether (sulfide) groups is 1. The van der Waals surface area contributed by atoms with Crippen LogP contribution in [0.2, 0.25) is 0 Å². The lowest BCUT2D eigenvalue weighted by atomic mass is 10.1. The van der Waals surface area contributed by atoms with E-state index in [1.807, 2.05) is 36.5 Å². The zero-order valence-corrected chi connectivity index (χ0v) is 19.1. The summed E-state index contributed by atoms with van der Waals surface area (Å²) in [5.74, 6) is 2.54. The van der Waals surface area contributed by atoms with Crippen LogP contribution in [0.4, 0.5) is 0 Å².